The molecule has 0 heterocycles. The highest BCUT2D eigenvalue weighted by atomic mass is 16.5. The molecule has 0 aliphatic heterocycles. The molecule has 15 heavy (non-hydrogen) atoms. The number of likely N-dealkylation sites (N-methyl/N-ethyl adjacent to an activating group) is 1. The monoisotopic (exact) mass is 205 g/mol. The molecule has 1 aromatic rings. The van der Waals surface area contributed by atoms with E-state index in [2.05, 4.69) is 24.4 Å². The maximum absolute atomic E-state index is 5.75. The van der Waals surface area contributed by atoms with E-state index in [4.69, 9.17) is 4.74 Å². The lowest BCUT2D eigenvalue weighted by Gasteiger charge is -2.16. The average Bonchev–Trinajstić information content (AvgIpc) is 3.06. The molecule has 1 aliphatic rings. The fourth-order valence-corrected chi connectivity index (χ4v) is 1.77. The van der Waals surface area contributed by atoms with Crippen LogP contribution in [0.2, 0.25) is 0 Å². The van der Waals surface area contributed by atoms with Crippen molar-refractivity contribution < 1.29 is 4.74 Å². The van der Waals surface area contributed by atoms with Crippen molar-refractivity contribution in [3.63, 3.8) is 0 Å². The molecule has 2 nitrogen and oxygen atoms in total. The second kappa shape index (κ2) is 4.67. The summed E-state index contributed by atoms with van der Waals surface area (Å²) in [5, 5.41) is 3.32. The summed E-state index contributed by atoms with van der Waals surface area (Å²) < 4.78 is 5.75. The quantitative estimate of drug-likeness (QED) is 0.797. The van der Waals surface area contributed by atoms with Crippen LogP contribution in [0.4, 0.5) is 0 Å². The van der Waals surface area contributed by atoms with Gasteiger partial charge in [0.1, 0.15) is 12.4 Å². The molecule has 0 spiro atoms. The molecular weight excluding hydrogens is 186 g/mol. The molecular formula is C13H19NO. The lowest BCUT2D eigenvalue weighted by molar-refractivity contribution is 0.256. The third-order valence-corrected chi connectivity index (χ3v) is 3.01. The van der Waals surface area contributed by atoms with Crippen LogP contribution < -0.4 is 10.1 Å². The summed E-state index contributed by atoms with van der Waals surface area (Å²) in [7, 11) is 2.02. The van der Waals surface area contributed by atoms with Gasteiger partial charge in [0.15, 0.2) is 0 Å². The van der Waals surface area contributed by atoms with Gasteiger partial charge in [-0.15, -0.1) is 0 Å². The van der Waals surface area contributed by atoms with E-state index < -0.39 is 0 Å². The van der Waals surface area contributed by atoms with Gasteiger partial charge in [0.25, 0.3) is 0 Å². The van der Waals surface area contributed by atoms with Gasteiger partial charge in [0.05, 0.1) is 0 Å². The molecule has 1 aromatic carbocycles. The molecule has 1 unspecified atom stereocenters. The predicted octanol–water partition coefficient (Wildman–Crippen LogP) is 2.37. The molecule has 2 heteroatoms. The molecule has 82 valence electrons. The Bertz CT molecular complexity index is 303. The number of hydrogen-bond acceptors (Lipinski definition) is 2. The van der Waals surface area contributed by atoms with Gasteiger partial charge in [0.2, 0.25) is 0 Å². The fourth-order valence-electron chi connectivity index (χ4n) is 1.77. The van der Waals surface area contributed by atoms with Crippen molar-refractivity contribution in [3.8, 4) is 5.75 Å². The molecule has 0 saturated heterocycles. The second-order valence-electron chi connectivity index (χ2n) is 4.36. The molecule has 0 aromatic heterocycles. The zero-order valence-electron chi connectivity index (χ0n) is 9.49. The molecule has 0 amide bonds. The lowest BCUT2D eigenvalue weighted by atomic mass is 10.2. The first-order chi connectivity index (χ1) is 7.29. The number of hydrogen-bond donors (Lipinski definition) is 1. The Hall–Kier alpha value is -1.02. The van der Waals surface area contributed by atoms with Crippen LogP contribution in [0.15, 0.2) is 24.3 Å². The standard InChI is InChI=1S/C13H19NO/c1-10-3-7-12(8-4-10)15-9-13(14-2)11-5-6-11/h3-4,7-8,11,13-14H,5-6,9H2,1-2H3. The van der Waals surface area contributed by atoms with Crippen molar-refractivity contribution in [1.29, 1.82) is 0 Å². The summed E-state index contributed by atoms with van der Waals surface area (Å²) >= 11 is 0. The third kappa shape index (κ3) is 2.96. The molecule has 1 saturated carbocycles. The van der Waals surface area contributed by atoms with Crippen molar-refractivity contribution in [2.24, 2.45) is 5.92 Å². The van der Waals surface area contributed by atoms with Gasteiger partial charge < -0.3 is 10.1 Å². The maximum atomic E-state index is 5.75. The van der Waals surface area contributed by atoms with Crippen LogP contribution in [-0.4, -0.2) is 19.7 Å². The smallest absolute Gasteiger partial charge is 0.119 e. The summed E-state index contributed by atoms with van der Waals surface area (Å²) in [6.07, 6.45) is 2.70. The molecule has 0 radical (unpaired) electrons. The molecule has 1 fully saturated rings. The van der Waals surface area contributed by atoms with Crippen molar-refractivity contribution in [2.75, 3.05) is 13.7 Å². The van der Waals surface area contributed by atoms with E-state index in [9.17, 15) is 0 Å². The van der Waals surface area contributed by atoms with Gasteiger partial charge >= 0.3 is 0 Å². The fraction of sp³-hybridized carbons (Fsp3) is 0.538. The highest BCUT2D eigenvalue weighted by Gasteiger charge is 2.30. The normalized spacial score (nSPS) is 17.5. The molecule has 1 aliphatic carbocycles. The van der Waals surface area contributed by atoms with Gasteiger partial charge in [-0.1, -0.05) is 17.7 Å². The number of rotatable bonds is 5. The molecule has 2 rings (SSSR count). The Balaban J connectivity index is 1.83. The van der Waals surface area contributed by atoms with Gasteiger partial charge in [-0.25, -0.2) is 0 Å². The van der Waals surface area contributed by atoms with E-state index >= 15 is 0 Å². The molecule has 1 atom stereocenters. The maximum Gasteiger partial charge on any atom is 0.119 e. The Labute approximate surface area is 91.6 Å². The first-order valence-electron chi connectivity index (χ1n) is 5.66. The summed E-state index contributed by atoms with van der Waals surface area (Å²) in [5.74, 6) is 1.81. The van der Waals surface area contributed by atoms with E-state index in [1.54, 1.807) is 0 Å². The predicted molar refractivity (Wildman–Crippen MR) is 62.2 cm³/mol. The number of nitrogens with one attached hydrogen (secondary N) is 1. The minimum absolute atomic E-state index is 0.520. The Morgan fingerprint density at radius 2 is 2.00 bits per heavy atom. The minimum Gasteiger partial charge on any atom is -0.492 e. The summed E-state index contributed by atoms with van der Waals surface area (Å²) in [6.45, 7) is 2.87. The number of aryl methyl sites for hydroxylation is 1. The van der Waals surface area contributed by atoms with E-state index in [1.165, 1.54) is 18.4 Å². The van der Waals surface area contributed by atoms with E-state index in [-0.39, 0.29) is 0 Å². The van der Waals surface area contributed by atoms with Crippen molar-refractivity contribution in [3.05, 3.63) is 29.8 Å². The van der Waals surface area contributed by atoms with Crippen LogP contribution in [0.1, 0.15) is 18.4 Å². The van der Waals surface area contributed by atoms with Crippen molar-refractivity contribution in [2.45, 2.75) is 25.8 Å². The zero-order valence-corrected chi connectivity index (χ0v) is 9.49. The van der Waals surface area contributed by atoms with Gasteiger partial charge in [-0.3, -0.25) is 0 Å². The van der Waals surface area contributed by atoms with Crippen LogP contribution in [0.25, 0.3) is 0 Å². The Morgan fingerprint density at radius 3 is 2.53 bits per heavy atom. The van der Waals surface area contributed by atoms with Gasteiger partial charge in [-0.2, -0.15) is 0 Å². The SMILES string of the molecule is CNC(COc1ccc(C)cc1)C1CC1. The highest BCUT2D eigenvalue weighted by molar-refractivity contribution is 5.26. The highest BCUT2D eigenvalue weighted by Crippen LogP contribution is 2.32. The number of ether oxygens (including phenoxy) is 1. The van der Waals surface area contributed by atoms with Crippen LogP contribution in [0.3, 0.4) is 0 Å². The Kier molecular flexibility index (Phi) is 3.27. The molecule has 0 bridgehead atoms. The minimum atomic E-state index is 0.520. The first-order valence-corrected chi connectivity index (χ1v) is 5.66. The van der Waals surface area contributed by atoms with Crippen molar-refractivity contribution >= 4 is 0 Å². The van der Waals surface area contributed by atoms with Crippen LogP contribution >= 0.6 is 0 Å². The topological polar surface area (TPSA) is 21.3 Å². The van der Waals surface area contributed by atoms with E-state index in [0.29, 0.717) is 6.04 Å². The van der Waals surface area contributed by atoms with E-state index in [0.717, 1.165) is 18.3 Å². The zero-order chi connectivity index (χ0) is 10.7. The number of benzene rings is 1. The van der Waals surface area contributed by atoms with Crippen molar-refractivity contribution in [1.82, 2.24) is 5.32 Å². The van der Waals surface area contributed by atoms with Gasteiger partial charge in [0, 0.05) is 6.04 Å². The Morgan fingerprint density at radius 1 is 1.33 bits per heavy atom. The van der Waals surface area contributed by atoms with E-state index in [1.807, 2.05) is 19.2 Å². The average molecular weight is 205 g/mol. The summed E-state index contributed by atoms with van der Waals surface area (Å²) in [6, 6.07) is 8.76. The molecule has 1 N–H and O–H groups in total. The first kappa shape index (κ1) is 10.5. The largest absolute Gasteiger partial charge is 0.492 e. The van der Waals surface area contributed by atoms with Gasteiger partial charge in [-0.05, 0) is 44.9 Å². The van der Waals surface area contributed by atoms with Crippen LogP contribution in [-0.2, 0) is 0 Å². The second-order valence-corrected chi connectivity index (χ2v) is 4.36. The lowest BCUT2D eigenvalue weighted by Crippen LogP contribution is -2.33. The summed E-state index contributed by atoms with van der Waals surface area (Å²) in [4.78, 5) is 0. The van der Waals surface area contributed by atoms with Crippen LogP contribution in [0.5, 0.6) is 5.75 Å². The third-order valence-electron chi connectivity index (χ3n) is 3.01. The van der Waals surface area contributed by atoms with Crippen LogP contribution in [0, 0.1) is 12.8 Å². The summed E-state index contributed by atoms with van der Waals surface area (Å²) in [5.41, 5.74) is 1.27.